The van der Waals surface area contributed by atoms with Gasteiger partial charge >= 0.3 is 0 Å². The first-order chi connectivity index (χ1) is 33.0. The van der Waals surface area contributed by atoms with Crippen molar-refractivity contribution in [2.45, 2.75) is 90.9 Å². The number of para-hydroxylation sites is 1. The molecule has 3 heterocycles. The Labute approximate surface area is 409 Å². The highest BCUT2D eigenvalue weighted by molar-refractivity contribution is 6.11. The molecule has 9 aromatic rings. The first-order valence-corrected chi connectivity index (χ1v) is 24.4. The van der Waals surface area contributed by atoms with Gasteiger partial charge in [0.1, 0.15) is 17.3 Å². The zero-order chi connectivity index (χ0) is 48.3. The monoisotopic (exact) mass is 905 g/mol. The SMILES string of the molecule is CC(C)(C)c1ccnc(-n2c3ccccc3c3c(C(C)(C)C)cc(Oc4cc(N5C=C(c6ccccc6)N(c6cccc(C(C)(C)c7ccccc7)c6)C5)cc(C(C)(C)c5ccccc5)c4)cc32)c1. The summed E-state index contributed by atoms with van der Waals surface area (Å²) in [5.74, 6) is 2.46. The molecule has 0 unspecified atom stereocenters. The van der Waals surface area contributed by atoms with Gasteiger partial charge in [-0.1, -0.05) is 191 Å². The lowest BCUT2D eigenvalue weighted by atomic mass is 9.78. The second kappa shape index (κ2) is 17.3. The van der Waals surface area contributed by atoms with Gasteiger partial charge in [0.2, 0.25) is 0 Å². The third-order valence-electron chi connectivity index (χ3n) is 14.4. The summed E-state index contributed by atoms with van der Waals surface area (Å²) in [6.07, 6.45) is 4.26. The molecular weight excluding hydrogens is 841 g/mol. The Morgan fingerprint density at radius 2 is 1.06 bits per heavy atom. The highest BCUT2D eigenvalue weighted by Crippen LogP contribution is 2.45. The molecule has 0 amide bonds. The third kappa shape index (κ3) is 8.60. The number of ether oxygens (including phenoxy) is 1. The highest BCUT2D eigenvalue weighted by Gasteiger charge is 2.31. The number of anilines is 2. The minimum atomic E-state index is -0.338. The molecule has 0 fully saturated rings. The van der Waals surface area contributed by atoms with E-state index in [1.54, 1.807) is 0 Å². The topological polar surface area (TPSA) is 33.5 Å². The summed E-state index contributed by atoms with van der Waals surface area (Å²) in [5, 5.41) is 2.43. The molecule has 1 aliphatic heterocycles. The third-order valence-corrected chi connectivity index (χ3v) is 14.4. The van der Waals surface area contributed by atoms with E-state index >= 15 is 0 Å². The van der Waals surface area contributed by atoms with E-state index in [9.17, 15) is 0 Å². The second-order valence-corrected chi connectivity index (χ2v) is 21.9. The van der Waals surface area contributed by atoms with Crippen molar-refractivity contribution in [2.24, 2.45) is 0 Å². The standard InChI is InChI=1S/C64H64N4O/c1-61(2,3)47-33-34-65-59(38-47)68-56-32-21-20-31-54(56)60-55(62(4,5)6)40-53(41-57(60)68)69-52-37-49(64(9,10)46-27-18-13-19-28-46)36-51(39-52)66-42-58(44-23-14-11-15-24-44)67(43-66)50-30-22-29-48(35-50)63(7,8)45-25-16-12-17-26-45/h11-42H,43H2,1-10H3. The second-order valence-electron chi connectivity index (χ2n) is 21.9. The summed E-state index contributed by atoms with van der Waals surface area (Å²) in [7, 11) is 0. The molecule has 2 aromatic heterocycles. The summed E-state index contributed by atoms with van der Waals surface area (Å²) >= 11 is 0. The van der Waals surface area contributed by atoms with Crippen LogP contribution in [0.5, 0.6) is 11.5 Å². The van der Waals surface area contributed by atoms with Gasteiger partial charge in [-0.3, -0.25) is 4.57 Å². The van der Waals surface area contributed by atoms with E-state index in [0.717, 1.165) is 56.5 Å². The number of hydrogen-bond donors (Lipinski definition) is 0. The van der Waals surface area contributed by atoms with E-state index < -0.39 is 0 Å². The van der Waals surface area contributed by atoms with Crippen LogP contribution < -0.4 is 14.5 Å². The van der Waals surface area contributed by atoms with Gasteiger partial charge in [0.05, 0.1) is 23.4 Å². The summed E-state index contributed by atoms with van der Waals surface area (Å²) < 4.78 is 9.61. The van der Waals surface area contributed by atoms with Gasteiger partial charge in [0.25, 0.3) is 0 Å². The number of rotatable bonds is 10. The summed E-state index contributed by atoms with van der Waals surface area (Å²) in [6.45, 7) is 23.5. The number of benzene rings is 7. The van der Waals surface area contributed by atoms with Crippen LogP contribution in [0, 0.1) is 0 Å². The van der Waals surface area contributed by atoms with E-state index in [-0.39, 0.29) is 21.7 Å². The molecule has 346 valence electrons. The van der Waals surface area contributed by atoms with Crippen molar-refractivity contribution in [2.75, 3.05) is 16.5 Å². The number of pyridine rings is 1. The first kappa shape index (κ1) is 45.4. The minimum Gasteiger partial charge on any atom is -0.457 e. The van der Waals surface area contributed by atoms with Gasteiger partial charge in [-0.25, -0.2) is 4.98 Å². The Bertz CT molecular complexity index is 3350. The number of aromatic nitrogens is 2. The van der Waals surface area contributed by atoms with Crippen LogP contribution in [0.1, 0.15) is 108 Å². The normalized spacial score (nSPS) is 13.6. The van der Waals surface area contributed by atoms with Crippen molar-refractivity contribution >= 4 is 38.9 Å². The lowest BCUT2D eigenvalue weighted by Crippen LogP contribution is -2.27. The van der Waals surface area contributed by atoms with Crippen LogP contribution in [0.2, 0.25) is 0 Å². The average Bonchev–Trinajstić information content (AvgIpc) is 3.95. The Morgan fingerprint density at radius 3 is 1.72 bits per heavy atom. The van der Waals surface area contributed by atoms with Gasteiger partial charge in [0.15, 0.2) is 0 Å². The molecule has 7 aromatic carbocycles. The van der Waals surface area contributed by atoms with Gasteiger partial charge in [-0.2, -0.15) is 0 Å². The smallest absolute Gasteiger partial charge is 0.137 e. The largest absolute Gasteiger partial charge is 0.457 e. The Hall–Kier alpha value is -7.37. The fraction of sp³-hybridized carbons (Fsp3) is 0.234. The molecule has 5 heteroatoms. The minimum absolute atomic E-state index is 0.0374. The molecule has 0 atom stereocenters. The van der Waals surface area contributed by atoms with Crippen LogP contribution in [-0.4, -0.2) is 16.2 Å². The molecule has 0 saturated carbocycles. The van der Waals surface area contributed by atoms with E-state index in [1.807, 2.05) is 6.20 Å². The predicted octanol–water partition coefficient (Wildman–Crippen LogP) is 16.5. The van der Waals surface area contributed by atoms with Crippen molar-refractivity contribution < 1.29 is 4.74 Å². The van der Waals surface area contributed by atoms with E-state index in [2.05, 4.69) is 272 Å². The van der Waals surface area contributed by atoms with Gasteiger partial charge in [0, 0.05) is 57.5 Å². The number of fused-ring (bicyclic) bond motifs is 3. The summed E-state index contributed by atoms with van der Waals surface area (Å²) in [4.78, 5) is 9.84. The maximum Gasteiger partial charge on any atom is 0.137 e. The fourth-order valence-electron chi connectivity index (χ4n) is 10.1. The fourth-order valence-corrected chi connectivity index (χ4v) is 10.1. The molecule has 69 heavy (non-hydrogen) atoms. The Kier molecular flexibility index (Phi) is 11.4. The molecule has 0 aliphatic carbocycles. The van der Waals surface area contributed by atoms with Crippen molar-refractivity contribution in [3.05, 3.63) is 233 Å². The Balaban J connectivity index is 1.12. The molecule has 5 nitrogen and oxygen atoms in total. The maximum atomic E-state index is 7.28. The molecule has 10 rings (SSSR count). The summed E-state index contributed by atoms with van der Waals surface area (Å²) in [6, 6.07) is 65.9. The van der Waals surface area contributed by atoms with E-state index in [1.165, 1.54) is 38.6 Å². The van der Waals surface area contributed by atoms with Crippen LogP contribution in [0.3, 0.4) is 0 Å². The number of hydrogen-bond acceptors (Lipinski definition) is 4. The lowest BCUT2D eigenvalue weighted by molar-refractivity contribution is 0.477. The van der Waals surface area contributed by atoms with Crippen molar-refractivity contribution in [3.63, 3.8) is 0 Å². The first-order valence-electron chi connectivity index (χ1n) is 24.4. The molecular formula is C64H64N4O. The highest BCUT2D eigenvalue weighted by atomic mass is 16.5. The Morgan fingerprint density at radius 1 is 0.464 bits per heavy atom. The summed E-state index contributed by atoms with van der Waals surface area (Å²) in [5.41, 5.74) is 13.3. The zero-order valence-electron chi connectivity index (χ0n) is 41.9. The van der Waals surface area contributed by atoms with Crippen molar-refractivity contribution in [1.29, 1.82) is 0 Å². The lowest BCUT2D eigenvalue weighted by Gasteiger charge is -2.30. The maximum absolute atomic E-state index is 7.28. The van der Waals surface area contributed by atoms with Crippen LogP contribution in [0.4, 0.5) is 11.4 Å². The quantitative estimate of drug-likeness (QED) is 0.137. The van der Waals surface area contributed by atoms with Crippen molar-refractivity contribution in [1.82, 2.24) is 9.55 Å². The molecule has 0 saturated heterocycles. The van der Waals surface area contributed by atoms with Crippen LogP contribution in [0.15, 0.2) is 194 Å². The van der Waals surface area contributed by atoms with Crippen molar-refractivity contribution in [3.8, 4) is 17.3 Å². The molecule has 1 aliphatic rings. The molecule has 0 N–H and O–H groups in total. The zero-order valence-corrected chi connectivity index (χ0v) is 41.9. The van der Waals surface area contributed by atoms with Gasteiger partial charge < -0.3 is 14.5 Å². The molecule has 0 bridgehead atoms. The number of nitrogens with zero attached hydrogens (tertiary/aromatic N) is 4. The van der Waals surface area contributed by atoms with Gasteiger partial charge in [-0.05, 0) is 98.3 Å². The predicted molar refractivity (Wildman–Crippen MR) is 290 cm³/mol. The van der Waals surface area contributed by atoms with E-state index in [4.69, 9.17) is 9.72 Å². The van der Waals surface area contributed by atoms with Crippen LogP contribution in [-0.2, 0) is 21.7 Å². The van der Waals surface area contributed by atoms with Crippen LogP contribution in [0.25, 0.3) is 33.3 Å². The van der Waals surface area contributed by atoms with Crippen LogP contribution >= 0.6 is 0 Å². The molecule has 0 radical (unpaired) electrons. The average molecular weight is 905 g/mol. The van der Waals surface area contributed by atoms with E-state index in [0.29, 0.717) is 6.67 Å². The van der Waals surface area contributed by atoms with Gasteiger partial charge in [-0.15, -0.1) is 0 Å². The molecule has 0 spiro atoms.